The van der Waals surface area contributed by atoms with Gasteiger partial charge in [-0.15, -0.1) is 23.1 Å². The maximum atomic E-state index is 12.0. The average molecular weight is 395 g/mol. The Balaban J connectivity index is 1.67. The van der Waals surface area contributed by atoms with E-state index in [1.807, 2.05) is 5.38 Å². The summed E-state index contributed by atoms with van der Waals surface area (Å²) >= 11 is 3.17. The minimum absolute atomic E-state index is 0.0685. The molecule has 6 nitrogen and oxygen atoms in total. The van der Waals surface area contributed by atoms with Gasteiger partial charge in [0.15, 0.2) is 0 Å². The van der Waals surface area contributed by atoms with Crippen molar-refractivity contribution in [3.63, 3.8) is 0 Å². The van der Waals surface area contributed by atoms with Gasteiger partial charge in [-0.25, -0.2) is 9.97 Å². The lowest BCUT2D eigenvalue weighted by molar-refractivity contribution is -0.123. The second kappa shape index (κ2) is 7.32. The summed E-state index contributed by atoms with van der Waals surface area (Å²) in [7, 11) is 0. The van der Waals surface area contributed by atoms with Crippen molar-refractivity contribution >= 4 is 29.0 Å². The summed E-state index contributed by atoms with van der Waals surface area (Å²) < 4.78 is 5.85. The fourth-order valence-electron chi connectivity index (χ4n) is 3.29. The number of amides is 1. The molecule has 3 atom stereocenters. The Morgan fingerprint density at radius 2 is 2.23 bits per heavy atom. The fourth-order valence-corrected chi connectivity index (χ4v) is 5.23. The van der Waals surface area contributed by atoms with Crippen LogP contribution in [0.2, 0.25) is 0 Å². The van der Waals surface area contributed by atoms with Crippen LogP contribution in [-0.2, 0) is 16.0 Å². The van der Waals surface area contributed by atoms with E-state index >= 15 is 0 Å². The Morgan fingerprint density at radius 1 is 1.46 bits per heavy atom. The largest absolute Gasteiger partial charge is 0.444 e. The number of oxazole rings is 1. The molecule has 0 saturated heterocycles. The molecule has 0 aromatic carbocycles. The fraction of sp³-hybridized carbons (Fsp3) is 0.611. The third-order valence-corrected chi connectivity index (χ3v) is 7.08. The van der Waals surface area contributed by atoms with Gasteiger partial charge in [0, 0.05) is 28.8 Å². The van der Waals surface area contributed by atoms with Crippen LogP contribution >= 0.6 is 23.1 Å². The van der Waals surface area contributed by atoms with Crippen LogP contribution in [0.15, 0.2) is 22.2 Å². The van der Waals surface area contributed by atoms with Crippen LogP contribution in [0.1, 0.15) is 62.6 Å². The Kier molecular flexibility index (Phi) is 5.46. The van der Waals surface area contributed by atoms with Crippen molar-refractivity contribution in [1.29, 1.82) is 0 Å². The predicted octanol–water partition coefficient (Wildman–Crippen LogP) is 3.39. The third-order valence-electron chi connectivity index (χ3n) is 4.84. The lowest BCUT2D eigenvalue weighted by Crippen LogP contribution is -2.47. The molecule has 2 aromatic heterocycles. The number of rotatable bonds is 5. The number of hydrogen-bond acceptors (Lipinski definition) is 7. The van der Waals surface area contributed by atoms with Gasteiger partial charge in [0.05, 0.1) is 21.8 Å². The summed E-state index contributed by atoms with van der Waals surface area (Å²) in [6, 6.07) is 0. The molecular formula is C18H26N4O2S2. The molecule has 0 radical (unpaired) electrons. The Hall–Kier alpha value is -1.38. The average Bonchev–Trinajstić information content (AvgIpc) is 3.24. The first kappa shape index (κ1) is 19.4. The van der Waals surface area contributed by atoms with Gasteiger partial charge in [0.25, 0.3) is 0 Å². The molecule has 1 aliphatic rings. The number of carbonyl (C=O) groups is 1. The first-order chi connectivity index (χ1) is 12.2. The molecule has 0 bridgehead atoms. The molecule has 3 unspecified atom stereocenters. The number of hydrogen-bond donors (Lipinski definition) is 2. The highest BCUT2D eigenvalue weighted by Crippen LogP contribution is 2.46. The normalized spacial score (nSPS) is 26.8. The minimum atomic E-state index is -0.510. The molecule has 1 fully saturated rings. The molecule has 1 amide bonds. The summed E-state index contributed by atoms with van der Waals surface area (Å²) in [6.45, 7) is 6.27. The van der Waals surface area contributed by atoms with Gasteiger partial charge in [0.2, 0.25) is 11.8 Å². The van der Waals surface area contributed by atoms with Crippen molar-refractivity contribution in [2.45, 2.75) is 62.0 Å². The zero-order valence-electron chi connectivity index (χ0n) is 15.4. The van der Waals surface area contributed by atoms with Crippen LogP contribution in [0.4, 0.5) is 0 Å². The van der Waals surface area contributed by atoms with Crippen molar-refractivity contribution in [3.8, 4) is 0 Å². The standard InChI is InChI=1S/C18H26N4O2S2/c1-17(2,3)13-9-22-14(24-13)10-26-18(20)5-4-11(12(8-18)15(19)23)16-21-6-7-25-16/h6-7,9,11-12H,4-5,8,10,20H2,1-3H3,(H2,19,23). The van der Waals surface area contributed by atoms with E-state index in [1.54, 1.807) is 35.5 Å². The van der Waals surface area contributed by atoms with E-state index in [4.69, 9.17) is 15.9 Å². The minimum Gasteiger partial charge on any atom is -0.444 e. The number of carbonyl (C=O) groups excluding carboxylic acids is 1. The molecule has 0 aliphatic heterocycles. The number of nitrogens with zero attached hydrogens (tertiary/aromatic N) is 2. The monoisotopic (exact) mass is 394 g/mol. The molecule has 0 spiro atoms. The van der Waals surface area contributed by atoms with E-state index in [-0.39, 0.29) is 23.2 Å². The summed E-state index contributed by atoms with van der Waals surface area (Å²) in [5, 5.41) is 2.91. The molecule has 1 aliphatic carbocycles. The number of aromatic nitrogens is 2. The van der Waals surface area contributed by atoms with E-state index in [9.17, 15) is 4.79 Å². The highest BCUT2D eigenvalue weighted by molar-refractivity contribution is 7.99. The maximum Gasteiger partial charge on any atom is 0.221 e. The predicted molar refractivity (Wildman–Crippen MR) is 105 cm³/mol. The number of thioether (sulfide) groups is 1. The van der Waals surface area contributed by atoms with E-state index < -0.39 is 4.87 Å². The zero-order valence-corrected chi connectivity index (χ0v) is 17.0. The number of primary amides is 1. The Morgan fingerprint density at radius 3 is 2.81 bits per heavy atom. The van der Waals surface area contributed by atoms with Crippen LogP contribution in [-0.4, -0.2) is 20.7 Å². The molecule has 3 rings (SSSR count). The smallest absolute Gasteiger partial charge is 0.221 e. The lowest BCUT2D eigenvalue weighted by atomic mass is 9.76. The van der Waals surface area contributed by atoms with Crippen molar-refractivity contribution < 1.29 is 9.21 Å². The zero-order chi connectivity index (χ0) is 18.9. The van der Waals surface area contributed by atoms with Gasteiger partial charge >= 0.3 is 0 Å². The Bertz CT molecular complexity index is 754. The number of nitrogens with two attached hydrogens (primary N) is 2. The summed E-state index contributed by atoms with van der Waals surface area (Å²) in [4.78, 5) is 20.3. The van der Waals surface area contributed by atoms with E-state index in [2.05, 4.69) is 30.7 Å². The molecule has 4 N–H and O–H groups in total. The first-order valence-corrected chi connectivity index (χ1v) is 10.6. The van der Waals surface area contributed by atoms with Gasteiger partial charge in [0.1, 0.15) is 5.76 Å². The van der Waals surface area contributed by atoms with E-state index in [1.165, 1.54) is 0 Å². The quantitative estimate of drug-likeness (QED) is 0.753. The Labute approximate surface area is 162 Å². The van der Waals surface area contributed by atoms with Gasteiger partial charge in [-0.3, -0.25) is 4.79 Å². The summed E-state index contributed by atoms with van der Waals surface area (Å²) in [5.41, 5.74) is 12.2. The highest BCUT2D eigenvalue weighted by atomic mass is 32.2. The van der Waals surface area contributed by atoms with Crippen LogP contribution in [0, 0.1) is 5.92 Å². The molecule has 26 heavy (non-hydrogen) atoms. The first-order valence-electron chi connectivity index (χ1n) is 8.75. The van der Waals surface area contributed by atoms with Crippen molar-refractivity contribution in [1.82, 2.24) is 9.97 Å². The van der Waals surface area contributed by atoms with E-state index in [0.29, 0.717) is 18.1 Å². The molecule has 2 heterocycles. The second-order valence-electron chi connectivity index (χ2n) is 7.95. The van der Waals surface area contributed by atoms with Crippen LogP contribution < -0.4 is 11.5 Å². The molecule has 142 valence electrons. The van der Waals surface area contributed by atoms with Gasteiger partial charge in [-0.2, -0.15) is 0 Å². The van der Waals surface area contributed by atoms with Crippen molar-refractivity contribution in [3.05, 3.63) is 34.4 Å². The topological polar surface area (TPSA) is 108 Å². The summed E-state index contributed by atoms with van der Waals surface area (Å²) in [5.74, 6) is 1.59. The molecule has 1 saturated carbocycles. The van der Waals surface area contributed by atoms with Gasteiger partial charge in [-0.05, 0) is 19.3 Å². The van der Waals surface area contributed by atoms with Crippen molar-refractivity contribution in [2.75, 3.05) is 0 Å². The van der Waals surface area contributed by atoms with E-state index in [0.717, 1.165) is 23.6 Å². The van der Waals surface area contributed by atoms with Gasteiger partial charge < -0.3 is 15.9 Å². The summed E-state index contributed by atoms with van der Waals surface area (Å²) in [6.07, 6.45) is 5.71. The molecular weight excluding hydrogens is 368 g/mol. The third kappa shape index (κ3) is 4.29. The number of thiazole rings is 1. The lowest BCUT2D eigenvalue weighted by Gasteiger charge is -2.40. The van der Waals surface area contributed by atoms with Gasteiger partial charge in [-0.1, -0.05) is 20.8 Å². The SMILES string of the molecule is CC(C)(C)c1cnc(CSC2(N)CCC(c3nccs3)C(C(N)=O)C2)o1. The maximum absolute atomic E-state index is 12.0. The highest BCUT2D eigenvalue weighted by Gasteiger charge is 2.43. The second-order valence-corrected chi connectivity index (χ2v) is 10.3. The van der Waals surface area contributed by atoms with Crippen molar-refractivity contribution in [2.24, 2.45) is 17.4 Å². The van der Waals surface area contributed by atoms with Crippen LogP contribution in [0.25, 0.3) is 0 Å². The van der Waals surface area contributed by atoms with Crippen LogP contribution in [0.3, 0.4) is 0 Å². The molecule has 8 heteroatoms. The molecule has 2 aromatic rings. The van der Waals surface area contributed by atoms with Crippen LogP contribution in [0.5, 0.6) is 0 Å².